The van der Waals surface area contributed by atoms with Crippen LogP contribution in [0.4, 0.5) is 0 Å². The zero-order valence-corrected chi connectivity index (χ0v) is 9.47. The van der Waals surface area contributed by atoms with Gasteiger partial charge in [-0.3, -0.25) is 4.79 Å². The van der Waals surface area contributed by atoms with Crippen molar-refractivity contribution in [3.8, 4) is 0 Å². The zero-order chi connectivity index (χ0) is 9.68. The third kappa shape index (κ3) is 4.62. The molecule has 1 fully saturated rings. The summed E-state index contributed by atoms with van der Waals surface area (Å²) in [6.45, 7) is 0.571. The van der Waals surface area contributed by atoms with Crippen LogP contribution in [0.1, 0.15) is 19.3 Å². The molecule has 1 unspecified atom stereocenters. The maximum atomic E-state index is 11.4. The van der Waals surface area contributed by atoms with Crippen molar-refractivity contribution in [1.82, 2.24) is 5.32 Å². The standard InChI is InChI=1S/C9H16BrNO2/c1-13-6-8(5-10)11-9(12)4-7-2-3-7/h7-8H,2-6H2,1H3,(H,11,12). The van der Waals surface area contributed by atoms with E-state index in [0.29, 0.717) is 18.9 Å². The van der Waals surface area contributed by atoms with E-state index in [1.54, 1.807) is 7.11 Å². The summed E-state index contributed by atoms with van der Waals surface area (Å²) in [6.07, 6.45) is 3.13. The minimum Gasteiger partial charge on any atom is -0.383 e. The van der Waals surface area contributed by atoms with E-state index >= 15 is 0 Å². The first kappa shape index (κ1) is 11.0. The van der Waals surface area contributed by atoms with Crippen LogP contribution < -0.4 is 5.32 Å². The first-order chi connectivity index (χ1) is 6.26. The number of ether oxygens (including phenoxy) is 1. The number of amides is 1. The Kier molecular flexibility index (Phi) is 4.73. The second-order valence-electron chi connectivity index (χ2n) is 3.52. The highest BCUT2D eigenvalue weighted by atomic mass is 79.9. The van der Waals surface area contributed by atoms with Gasteiger partial charge < -0.3 is 10.1 Å². The molecule has 0 heterocycles. The Bertz CT molecular complexity index is 171. The topological polar surface area (TPSA) is 38.3 Å². The van der Waals surface area contributed by atoms with Gasteiger partial charge in [-0.05, 0) is 18.8 Å². The number of rotatable bonds is 6. The molecule has 0 aromatic rings. The molecule has 1 aliphatic carbocycles. The average Bonchev–Trinajstić information content (AvgIpc) is 2.87. The number of carbonyl (C=O) groups excluding carboxylic acids is 1. The molecule has 0 bridgehead atoms. The van der Waals surface area contributed by atoms with Crippen LogP contribution in [0.2, 0.25) is 0 Å². The lowest BCUT2D eigenvalue weighted by atomic mass is 10.2. The molecule has 3 nitrogen and oxygen atoms in total. The van der Waals surface area contributed by atoms with E-state index in [1.165, 1.54) is 12.8 Å². The summed E-state index contributed by atoms with van der Waals surface area (Å²) in [4.78, 5) is 11.4. The zero-order valence-electron chi connectivity index (χ0n) is 7.88. The summed E-state index contributed by atoms with van der Waals surface area (Å²) in [6, 6.07) is 0.108. The van der Waals surface area contributed by atoms with Gasteiger partial charge in [0.25, 0.3) is 0 Å². The van der Waals surface area contributed by atoms with E-state index in [0.717, 1.165) is 5.33 Å². The lowest BCUT2D eigenvalue weighted by Crippen LogP contribution is -2.39. The molecule has 0 aromatic carbocycles. The fourth-order valence-electron chi connectivity index (χ4n) is 1.20. The summed E-state index contributed by atoms with van der Waals surface area (Å²) in [5, 5.41) is 3.68. The molecule has 0 radical (unpaired) electrons. The van der Waals surface area contributed by atoms with Crippen LogP contribution in [0, 0.1) is 5.92 Å². The van der Waals surface area contributed by atoms with Crippen LogP contribution in [0.5, 0.6) is 0 Å². The molecule has 0 saturated heterocycles. The average molecular weight is 250 g/mol. The van der Waals surface area contributed by atoms with Gasteiger partial charge in [-0.25, -0.2) is 0 Å². The second-order valence-corrected chi connectivity index (χ2v) is 4.17. The third-order valence-corrected chi connectivity index (χ3v) is 2.87. The Balaban J connectivity index is 2.14. The molecule has 0 aromatic heterocycles. The maximum absolute atomic E-state index is 11.4. The Morgan fingerprint density at radius 2 is 2.38 bits per heavy atom. The summed E-state index contributed by atoms with van der Waals surface area (Å²) in [5.74, 6) is 0.808. The molecular formula is C9H16BrNO2. The van der Waals surface area contributed by atoms with Gasteiger partial charge in [0.2, 0.25) is 5.91 Å². The Morgan fingerprint density at radius 3 is 2.85 bits per heavy atom. The lowest BCUT2D eigenvalue weighted by molar-refractivity contribution is -0.122. The quantitative estimate of drug-likeness (QED) is 0.722. The van der Waals surface area contributed by atoms with Crippen molar-refractivity contribution < 1.29 is 9.53 Å². The number of nitrogens with one attached hydrogen (secondary N) is 1. The highest BCUT2D eigenvalue weighted by Crippen LogP contribution is 2.32. The van der Waals surface area contributed by atoms with Crippen LogP contribution in [-0.2, 0) is 9.53 Å². The van der Waals surface area contributed by atoms with Crippen molar-refractivity contribution in [1.29, 1.82) is 0 Å². The predicted octanol–water partition coefficient (Wildman–Crippen LogP) is 1.31. The van der Waals surface area contributed by atoms with Crippen LogP contribution in [-0.4, -0.2) is 31.0 Å². The number of carbonyl (C=O) groups is 1. The Labute approximate surface area is 87.3 Å². The molecule has 76 valence electrons. The normalized spacial score (nSPS) is 18.3. The third-order valence-electron chi connectivity index (χ3n) is 2.09. The fraction of sp³-hybridized carbons (Fsp3) is 0.889. The summed E-state index contributed by atoms with van der Waals surface area (Å²) < 4.78 is 4.97. The number of halogens is 1. The van der Waals surface area contributed by atoms with Crippen LogP contribution in [0.25, 0.3) is 0 Å². The van der Waals surface area contributed by atoms with E-state index < -0.39 is 0 Å². The number of hydrogen-bond acceptors (Lipinski definition) is 2. The van der Waals surface area contributed by atoms with Gasteiger partial charge in [-0.2, -0.15) is 0 Å². The Morgan fingerprint density at radius 1 is 1.69 bits per heavy atom. The first-order valence-corrected chi connectivity index (χ1v) is 5.72. The van der Waals surface area contributed by atoms with Crippen LogP contribution in [0.3, 0.4) is 0 Å². The van der Waals surface area contributed by atoms with E-state index in [2.05, 4.69) is 21.2 Å². The molecule has 1 aliphatic rings. The van der Waals surface area contributed by atoms with Crippen LogP contribution >= 0.6 is 15.9 Å². The van der Waals surface area contributed by atoms with Crippen molar-refractivity contribution >= 4 is 21.8 Å². The smallest absolute Gasteiger partial charge is 0.220 e. The largest absolute Gasteiger partial charge is 0.383 e. The molecular weight excluding hydrogens is 234 g/mol. The first-order valence-electron chi connectivity index (χ1n) is 4.60. The van der Waals surface area contributed by atoms with Crippen molar-refractivity contribution in [3.63, 3.8) is 0 Å². The van der Waals surface area contributed by atoms with Crippen molar-refractivity contribution in [2.75, 3.05) is 19.0 Å². The molecule has 1 rings (SSSR count). The predicted molar refractivity (Wildman–Crippen MR) is 54.9 cm³/mol. The molecule has 13 heavy (non-hydrogen) atoms. The van der Waals surface area contributed by atoms with Gasteiger partial charge in [0.15, 0.2) is 0 Å². The Hall–Kier alpha value is -0.0900. The number of alkyl halides is 1. The lowest BCUT2D eigenvalue weighted by Gasteiger charge is -2.14. The van der Waals surface area contributed by atoms with Crippen molar-refractivity contribution in [2.24, 2.45) is 5.92 Å². The van der Waals surface area contributed by atoms with Crippen LogP contribution in [0.15, 0.2) is 0 Å². The van der Waals surface area contributed by atoms with E-state index in [1.807, 2.05) is 0 Å². The molecule has 4 heteroatoms. The van der Waals surface area contributed by atoms with Crippen molar-refractivity contribution in [3.05, 3.63) is 0 Å². The maximum Gasteiger partial charge on any atom is 0.220 e. The molecule has 0 aliphatic heterocycles. The van der Waals surface area contributed by atoms with Gasteiger partial charge in [-0.1, -0.05) is 15.9 Å². The molecule has 0 spiro atoms. The highest BCUT2D eigenvalue weighted by molar-refractivity contribution is 9.09. The molecule has 1 atom stereocenters. The summed E-state index contributed by atoms with van der Waals surface area (Å²) in [5.41, 5.74) is 0. The monoisotopic (exact) mass is 249 g/mol. The van der Waals surface area contributed by atoms with Gasteiger partial charge in [0.05, 0.1) is 12.6 Å². The molecule has 1 amide bonds. The minimum absolute atomic E-state index is 0.108. The van der Waals surface area contributed by atoms with Gasteiger partial charge in [0, 0.05) is 18.9 Å². The highest BCUT2D eigenvalue weighted by Gasteiger charge is 2.25. The molecule has 1 N–H and O–H groups in total. The van der Waals surface area contributed by atoms with E-state index in [4.69, 9.17) is 4.74 Å². The van der Waals surface area contributed by atoms with Gasteiger partial charge in [0.1, 0.15) is 0 Å². The van der Waals surface area contributed by atoms with E-state index in [9.17, 15) is 4.79 Å². The summed E-state index contributed by atoms with van der Waals surface area (Å²) >= 11 is 3.33. The van der Waals surface area contributed by atoms with Gasteiger partial charge in [-0.15, -0.1) is 0 Å². The summed E-state index contributed by atoms with van der Waals surface area (Å²) in [7, 11) is 1.64. The minimum atomic E-state index is 0.108. The van der Waals surface area contributed by atoms with Gasteiger partial charge >= 0.3 is 0 Å². The second kappa shape index (κ2) is 5.60. The number of methoxy groups -OCH3 is 1. The fourth-order valence-corrected chi connectivity index (χ4v) is 1.55. The van der Waals surface area contributed by atoms with E-state index in [-0.39, 0.29) is 11.9 Å². The van der Waals surface area contributed by atoms with Crippen molar-refractivity contribution in [2.45, 2.75) is 25.3 Å². The SMILES string of the molecule is COCC(CBr)NC(=O)CC1CC1. The number of hydrogen-bond donors (Lipinski definition) is 1. The molecule has 1 saturated carbocycles.